The number of hydrogen-bond donors (Lipinski definition) is 2. The second kappa shape index (κ2) is 11.4. The van der Waals surface area contributed by atoms with E-state index in [-0.39, 0.29) is 5.91 Å². The van der Waals surface area contributed by atoms with E-state index in [2.05, 4.69) is 42.7 Å². The molecule has 0 aromatic heterocycles. The molecular formula is C25H34N4O2. The van der Waals surface area contributed by atoms with Gasteiger partial charge in [-0.1, -0.05) is 36.4 Å². The van der Waals surface area contributed by atoms with E-state index in [1.54, 1.807) is 7.11 Å². The molecule has 0 aliphatic carbocycles. The molecule has 1 aliphatic rings. The van der Waals surface area contributed by atoms with Crippen molar-refractivity contribution in [1.29, 1.82) is 0 Å². The minimum Gasteiger partial charge on any atom is -0.497 e. The van der Waals surface area contributed by atoms with E-state index in [0.717, 1.165) is 55.4 Å². The van der Waals surface area contributed by atoms with Crippen molar-refractivity contribution < 1.29 is 9.53 Å². The van der Waals surface area contributed by atoms with Crippen LogP contribution in [0.3, 0.4) is 0 Å². The highest BCUT2D eigenvalue weighted by Crippen LogP contribution is 2.18. The third kappa shape index (κ3) is 7.02. The van der Waals surface area contributed by atoms with Gasteiger partial charge in [-0.05, 0) is 49.1 Å². The van der Waals surface area contributed by atoms with Gasteiger partial charge in [-0.15, -0.1) is 0 Å². The number of guanidine groups is 1. The molecule has 0 radical (unpaired) electrons. The van der Waals surface area contributed by atoms with Gasteiger partial charge in [0.05, 0.1) is 13.7 Å². The predicted octanol–water partition coefficient (Wildman–Crippen LogP) is 3.15. The molecule has 166 valence electrons. The van der Waals surface area contributed by atoms with Crippen molar-refractivity contribution in [3.05, 3.63) is 65.2 Å². The number of rotatable bonds is 9. The van der Waals surface area contributed by atoms with Crippen LogP contribution in [0.2, 0.25) is 0 Å². The zero-order valence-electron chi connectivity index (χ0n) is 18.9. The number of aryl methyl sites for hydroxylation is 1. The molecule has 31 heavy (non-hydrogen) atoms. The van der Waals surface area contributed by atoms with Gasteiger partial charge < -0.3 is 20.3 Å². The number of ether oxygens (including phenoxy) is 1. The summed E-state index contributed by atoms with van der Waals surface area (Å²) in [4.78, 5) is 19.1. The van der Waals surface area contributed by atoms with Gasteiger partial charge in [0.1, 0.15) is 5.75 Å². The van der Waals surface area contributed by atoms with Crippen LogP contribution in [-0.4, -0.2) is 50.1 Å². The highest BCUT2D eigenvalue weighted by molar-refractivity contribution is 5.81. The standard InChI is InChI=1S/C25H34N4O2/c1-4-26-25(27-16-21-12-19(2)13-23(14-21)31-3)28-17-22-15-24(30)29(18-22)11-10-20-8-6-5-7-9-20/h5-9,12-14,22H,4,10-11,15-18H2,1-3H3,(H2,26,27,28). The highest BCUT2D eigenvalue weighted by atomic mass is 16.5. The summed E-state index contributed by atoms with van der Waals surface area (Å²) in [6.07, 6.45) is 1.49. The first-order valence-corrected chi connectivity index (χ1v) is 11.1. The van der Waals surface area contributed by atoms with Crippen LogP contribution < -0.4 is 15.4 Å². The molecule has 2 aromatic rings. The third-order valence-corrected chi connectivity index (χ3v) is 5.48. The minimum absolute atomic E-state index is 0.247. The summed E-state index contributed by atoms with van der Waals surface area (Å²) in [5.74, 6) is 2.17. The monoisotopic (exact) mass is 422 g/mol. The van der Waals surface area contributed by atoms with Crippen molar-refractivity contribution in [2.45, 2.75) is 33.2 Å². The van der Waals surface area contributed by atoms with Gasteiger partial charge in [-0.25, -0.2) is 4.99 Å². The van der Waals surface area contributed by atoms with E-state index in [0.29, 0.717) is 18.9 Å². The molecule has 2 N–H and O–H groups in total. The first kappa shape index (κ1) is 22.7. The third-order valence-electron chi connectivity index (χ3n) is 5.48. The van der Waals surface area contributed by atoms with E-state index in [1.165, 1.54) is 5.56 Å². The van der Waals surface area contributed by atoms with Gasteiger partial charge in [0.25, 0.3) is 0 Å². The average Bonchev–Trinajstić information content (AvgIpc) is 3.14. The Labute approximate surface area is 185 Å². The molecule has 1 heterocycles. The molecule has 6 nitrogen and oxygen atoms in total. The molecule has 0 saturated carbocycles. The van der Waals surface area contributed by atoms with Crippen LogP contribution in [0.25, 0.3) is 0 Å². The fraction of sp³-hybridized carbons (Fsp3) is 0.440. The summed E-state index contributed by atoms with van der Waals surface area (Å²) < 4.78 is 5.36. The topological polar surface area (TPSA) is 66.0 Å². The van der Waals surface area contributed by atoms with Crippen LogP contribution >= 0.6 is 0 Å². The van der Waals surface area contributed by atoms with E-state index >= 15 is 0 Å². The molecule has 1 unspecified atom stereocenters. The summed E-state index contributed by atoms with van der Waals surface area (Å²) >= 11 is 0. The number of benzene rings is 2. The Morgan fingerprint density at radius 1 is 1.16 bits per heavy atom. The van der Waals surface area contributed by atoms with Gasteiger partial charge in [0.2, 0.25) is 5.91 Å². The van der Waals surface area contributed by atoms with Crippen molar-refractivity contribution in [2.24, 2.45) is 10.9 Å². The van der Waals surface area contributed by atoms with E-state index in [1.807, 2.05) is 35.2 Å². The number of nitrogens with zero attached hydrogens (tertiary/aromatic N) is 2. The smallest absolute Gasteiger partial charge is 0.223 e. The Balaban J connectivity index is 1.51. The first-order valence-electron chi connectivity index (χ1n) is 11.1. The van der Waals surface area contributed by atoms with Crippen molar-refractivity contribution in [1.82, 2.24) is 15.5 Å². The van der Waals surface area contributed by atoms with E-state index < -0.39 is 0 Å². The first-order chi connectivity index (χ1) is 15.1. The van der Waals surface area contributed by atoms with Crippen LogP contribution in [0.15, 0.2) is 53.5 Å². The maximum Gasteiger partial charge on any atom is 0.223 e. The number of amides is 1. The van der Waals surface area contributed by atoms with Crippen molar-refractivity contribution >= 4 is 11.9 Å². The largest absolute Gasteiger partial charge is 0.497 e. The molecular weight excluding hydrogens is 388 g/mol. The van der Waals surface area contributed by atoms with Gasteiger partial charge >= 0.3 is 0 Å². The fourth-order valence-electron chi connectivity index (χ4n) is 3.90. The zero-order chi connectivity index (χ0) is 22.1. The van der Waals surface area contributed by atoms with Gasteiger partial charge in [-0.3, -0.25) is 4.79 Å². The lowest BCUT2D eigenvalue weighted by atomic mass is 10.1. The molecule has 0 bridgehead atoms. The average molecular weight is 423 g/mol. The number of nitrogens with one attached hydrogen (secondary N) is 2. The van der Waals surface area contributed by atoms with Crippen molar-refractivity contribution in [3.8, 4) is 5.75 Å². The Morgan fingerprint density at radius 2 is 1.97 bits per heavy atom. The fourth-order valence-corrected chi connectivity index (χ4v) is 3.90. The zero-order valence-corrected chi connectivity index (χ0v) is 18.9. The summed E-state index contributed by atoms with van der Waals surface area (Å²) in [6, 6.07) is 16.5. The lowest BCUT2D eigenvalue weighted by Gasteiger charge is -2.18. The SMILES string of the molecule is CCNC(=NCc1cc(C)cc(OC)c1)NCC1CC(=O)N(CCc2ccccc2)C1. The second-order valence-corrected chi connectivity index (χ2v) is 8.08. The number of carbonyl (C=O) groups excluding carboxylic acids is 1. The number of likely N-dealkylation sites (tertiary alicyclic amines) is 1. The molecule has 6 heteroatoms. The molecule has 1 amide bonds. The van der Waals surface area contributed by atoms with Crippen LogP contribution in [-0.2, 0) is 17.8 Å². The number of aliphatic imine (C=N–C) groups is 1. The molecule has 1 atom stereocenters. The normalized spacial score (nSPS) is 16.5. The second-order valence-electron chi connectivity index (χ2n) is 8.08. The highest BCUT2D eigenvalue weighted by Gasteiger charge is 2.29. The lowest BCUT2D eigenvalue weighted by molar-refractivity contribution is -0.127. The summed E-state index contributed by atoms with van der Waals surface area (Å²) in [5, 5.41) is 6.72. The van der Waals surface area contributed by atoms with Crippen LogP contribution in [0.5, 0.6) is 5.75 Å². The Morgan fingerprint density at radius 3 is 2.71 bits per heavy atom. The maximum absolute atomic E-state index is 12.4. The van der Waals surface area contributed by atoms with Crippen LogP contribution in [0.4, 0.5) is 0 Å². The van der Waals surface area contributed by atoms with Crippen molar-refractivity contribution in [3.63, 3.8) is 0 Å². The molecule has 1 aliphatic heterocycles. The number of carbonyl (C=O) groups is 1. The van der Waals surface area contributed by atoms with Gasteiger partial charge in [-0.2, -0.15) is 0 Å². The lowest BCUT2D eigenvalue weighted by Crippen LogP contribution is -2.40. The van der Waals surface area contributed by atoms with Gasteiger partial charge in [0.15, 0.2) is 5.96 Å². The van der Waals surface area contributed by atoms with Gasteiger partial charge in [0, 0.05) is 38.5 Å². The Kier molecular flexibility index (Phi) is 8.33. The molecule has 0 spiro atoms. The summed E-state index contributed by atoms with van der Waals surface area (Å²) in [7, 11) is 1.68. The summed E-state index contributed by atoms with van der Waals surface area (Å²) in [5.41, 5.74) is 3.53. The molecule has 2 aromatic carbocycles. The Hall–Kier alpha value is -3.02. The van der Waals surface area contributed by atoms with Crippen molar-refractivity contribution in [2.75, 3.05) is 33.3 Å². The van der Waals surface area contributed by atoms with Crippen LogP contribution in [0.1, 0.15) is 30.0 Å². The van der Waals surface area contributed by atoms with Crippen LogP contribution in [0, 0.1) is 12.8 Å². The number of hydrogen-bond acceptors (Lipinski definition) is 3. The minimum atomic E-state index is 0.247. The Bertz CT molecular complexity index is 882. The predicted molar refractivity (Wildman–Crippen MR) is 125 cm³/mol. The molecule has 3 rings (SSSR count). The molecule has 1 fully saturated rings. The van der Waals surface area contributed by atoms with E-state index in [9.17, 15) is 4.79 Å². The molecule has 1 saturated heterocycles. The summed E-state index contributed by atoms with van der Waals surface area (Å²) in [6.45, 7) is 7.78. The maximum atomic E-state index is 12.4. The quantitative estimate of drug-likeness (QED) is 0.481. The van der Waals surface area contributed by atoms with E-state index in [4.69, 9.17) is 9.73 Å². The number of methoxy groups -OCH3 is 1.